The fourth-order valence-electron chi connectivity index (χ4n) is 2.21. The van der Waals surface area contributed by atoms with Crippen LogP contribution in [-0.4, -0.2) is 0 Å². The van der Waals surface area contributed by atoms with Crippen LogP contribution >= 0.6 is 0 Å². The molecule has 2 aromatic carbocycles. The molecule has 0 nitrogen and oxygen atoms in total. The highest BCUT2D eigenvalue weighted by atomic mass is 14.1. The molecule has 0 unspecified atom stereocenters. The van der Waals surface area contributed by atoms with Gasteiger partial charge in [0, 0.05) is 0 Å². The van der Waals surface area contributed by atoms with Crippen LogP contribution in [0.4, 0.5) is 0 Å². The zero-order chi connectivity index (χ0) is 22.9. The minimum absolute atomic E-state index is 0.247. The van der Waals surface area contributed by atoms with E-state index in [4.69, 9.17) is 0 Å². The van der Waals surface area contributed by atoms with Crippen molar-refractivity contribution in [3.8, 4) is 0 Å². The number of rotatable bonds is 3. The van der Waals surface area contributed by atoms with Crippen LogP contribution in [0, 0.1) is 19.3 Å². The van der Waals surface area contributed by atoms with E-state index in [2.05, 4.69) is 108 Å². The van der Waals surface area contributed by atoms with Crippen LogP contribution in [0.25, 0.3) is 18.2 Å². The van der Waals surface area contributed by atoms with Crippen molar-refractivity contribution in [1.29, 1.82) is 0 Å². The molecule has 0 heteroatoms. The van der Waals surface area contributed by atoms with E-state index in [0.717, 1.165) is 5.56 Å². The molecule has 0 bridgehead atoms. The van der Waals surface area contributed by atoms with E-state index in [-0.39, 0.29) is 5.41 Å². The summed E-state index contributed by atoms with van der Waals surface area (Å²) in [6, 6.07) is 14.9. The van der Waals surface area contributed by atoms with Gasteiger partial charge in [0.15, 0.2) is 0 Å². The Labute approximate surface area is 182 Å². The molecule has 2 rings (SSSR count). The average Bonchev–Trinajstić information content (AvgIpc) is 2.73. The first-order valence-corrected chi connectivity index (χ1v) is 10.9. The van der Waals surface area contributed by atoms with Crippen LogP contribution in [0.2, 0.25) is 0 Å². The first-order chi connectivity index (χ1) is 13.7. The zero-order valence-electron chi connectivity index (χ0n) is 20.6. The molecule has 2 aromatic rings. The lowest BCUT2D eigenvalue weighted by atomic mass is 9.95. The maximum Gasteiger partial charge on any atom is -0.0200 e. The first-order valence-electron chi connectivity index (χ1n) is 10.9. The van der Waals surface area contributed by atoms with Crippen molar-refractivity contribution < 1.29 is 0 Å². The Morgan fingerprint density at radius 3 is 1.72 bits per heavy atom. The summed E-state index contributed by atoms with van der Waals surface area (Å²) in [5.74, 6) is 0. The lowest BCUT2D eigenvalue weighted by molar-refractivity contribution is 0.547. The first kappa shape index (κ1) is 28.9. The van der Waals surface area contributed by atoms with Crippen molar-refractivity contribution in [1.82, 2.24) is 0 Å². The Morgan fingerprint density at radius 1 is 0.759 bits per heavy atom. The molecule has 160 valence electrons. The van der Waals surface area contributed by atoms with Gasteiger partial charge >= 0.3 is 0 Å². The topological polar surface area (TPSA) is 0 Å². The summed E-state index contributed by atoms with van der Waals surface area (Å²) >= 11 is 0. The Hall–Kier alpha value is -2.34. The summed E-state index contributed by atoms with van der Waals surface area (Å²) < 4.78 is 0. The predicted octanol–water partition coefficient (Wildman–Crippen LogP) is 9.78. The van der Waals surface area contributed by atoms with Crippen LogP contribution < -0.4 is 0 Å². The van der Waals surface area contributed by atoms with Gasteiger partial charge in [-0.15, -0.1) is 0 Å². The SMILES string of the molecule is C/C=C\c1cc(C)ccc1C.C=Cc1ccc(/C=C/C(C)(C)C)cc1.CC.CC. The van der Waals surface area contributed by atoms with Crippen LogP contribution in [0.1, 0.15) is 83.2 Å². The largest absolute Gasteiger partial charge is 0.0985 e. The maximum atomic E-state index is 3.73. The summed E-state index contributed by atoms with van der Waals surface area (Å²) in [6.07, 6.45) is 10.4. The van der Waals surface area contributed by atoms with Gasteiger partial charge in [-0.2, -0.15) is 0 Å². The molecular weight excluding hydrogens is 348 g/mol. The van der Waals surface area contributed by atoms with Gasteiger partial charge in [0.05, 0.1) is 0 Å². The quantitative estimate of drug-likeness (QED) is 0.487. The van der Waals surface area contributed by atoms with E-state index in [1.54, 1.807) is 0 Å². The standard InChI is InChI=1S/C14H18.C11H14.2C2H6/c1-5-12-6-8-13(9-7-12)10-11-14(2,3)4;1-4-5-11-8-9(2)6-7-10(11)3;2*1-2/h5-11H,1H2,2-4H3;4-8H,1-3H3;2*1-2H3/b11-10+;5-4-;;. The van der Waals surface area contributed by atoms with E-state index < -0.39 is 0 Å². The Balaban J connectivity index is 0. The number of aryl methyl sites for hydroxylation is 2. The molecule has 0 amide bonds. The van der Waals surface area contributed by atoms with Gasteiger partial charge in [0.1, 0.15) is 0 Å². The van der Waals surface area contributed by atoms with E-state index in [1.165, 1.54) is 22.3 Å². The summed E-state index contributed by atoms with van der Waals surface area (Å²) in [5, 5.41) is 0. The molecule has 0 spiro atoms. The molecule has 0 aliphatic carbocycles. The van der Waals surface area contributed by atoms with Crippen LogP contribution in [0.5, 0.6) is 0 Å². The predicted molar refractivity (Wildman–Crippen MR) is 138 cm³/mol. The normalized spacial score (nSPS) is 10.3. The van der Waals surface area contributed by atoms with Crippen LogP contribution in [0.15, 0.2) is 61.2 Å². The fourth-order valence-corrected chi connectivity index (χ4v) is 2.21. The minimum Gasteiger partial charge on any atom is -0.0985 e. The van der Waals surface area contributed by atoms with E-state index in [1.807, 2.05) is 40.7 Å². The van der Waals surface area contributed by atoms with Gasteiger partial charge in [-0.1, -0.05) is 133 Å². The second-order valence-electron chi connectivity index (χ2n) is 7.43. The van der Waals surface area contributed by atoms with Gasteiger partial charge in [-0.3, -0.25) is 0 Å². The molecule has 0 saturated heterocycles. The lowest BCUT2D eigenvalue weighted by Crippen LogP contribution is -1.97. The summed E-state index contributed by atoms with van der Waals surface area (Å²) in [5.41, 5.74) is 6.64. The second kappa shape index (κ2) is 16.6. The molecule has 0 N–H and O–H groups in total. The Morgan fingerprint density at radius 2 is 1.28 bits per heavy atom. The molecule has 0 aliphatic rings. The van der Waals surface area contributed by atoms with Gasteiger partial charge in [-0.25, -0.2) is 0 Å². The van der Waals surface area contributed by atoms with Crippen LogP contribution in [0.3, 0.4) is 0 Å². The van der Waals surface area contributed by atoms with E-state index >= 15 is 0 Å². The lowest BCUT2D eigenvalue weighted by Gasteiger charge is -2.10. The average molecular weight is 393 g/mol. The minimum atomic E-state index is 0.247. The highest BCUT2D eigenvalue weighted by Gasteiger charge is 2.02. The van der Waals surface area contributed by atoms with Gasteiger partial charge < -0.3 is 0 Å². The van der Waals surface area contributed by atoms with Crippen molar-refractivity contribution >= 4 is 18.2 Å². The van der Waals surface area contributed by atoms with E-state index in [9.17, 15) is 0 Å². The monoisotopic (exact) mass is 392 g/mol. The number of allylic oxidation sites excluding steroid dienone is 2. The third kappa shape index (κ3) is 14.3. The van der Waals surface area contributed by atoms with E-state index in [0.29, 0.717) is 0 Å². The zero-order valence-corrected chi connectivity index (χ0v) is 20.6. The summed E-state index contributed by atoms with van der Waals surface area (Å²) in [6.45, 7) is 24.6. The van der Waals surface area contributed by atoms with Crippen molar-refractivity contribution in [3.05, 3.63) is 89.0 Å². The third-order valence-corrected chi connectivity index (χ3v) is 3.73. The van der Waals surface area contributed by atoms with Crippen molar-refractivity contribution in [2.24, 2.45) is 5.41 Å². The fraction of sp³-hybridized carbons (Fsp3) is 0.379. The Kier molecular flexibility index (Phi) is 16.5. The second-order valence-corrected chi connectivity index (χ2v) is 7.43. The maximum absolute atomic E-state index is 3.73. The molecule has 0 heterocycles. The number of benzene rings is 2. The van der Waals surface area contributed by atoms with Crippen molar-refractivity contribution in [3.63, 3.8) is 0 Å². The third-order valence-electron chi connectivity index (χ3n) is 3.73. The molecule has 29 heavy (non-hydrogen) atoms. The van der Waals surface area contributed by atoms with Crippen molar-refractivity contribution in [2.75, 3.05) is 0 Å². The highest BCUT2D eigenvalue weighted by molar-refractivity contribution is 5.55. The van der Waals surface area contributed by atoms with Crippen LogP contribution in [-0.2, 0) is 0 Å². The summed E-state index contributed by atoms with van der Waals surface area (Å²) in [4.78, 5) is 0. The summed E-state index contributed by atoms with van der Waals surface area (Å²) in [7, 11) is 0. The van der Waals surface area contributed by atoms with Gasteiger partial charge in [0.25, 0.3) is 0 Å². The van der Waals surface area contributed by atoms with Gasteiger partial charge in [0.2, 0.25) is 0 Å². The molecule has 0 aliphatic heterocycles. The molecule has 0 atom stereocenters. The number of hydrogen-bond donors (Lipinski definition) is 0. The molecule has 0 saturated carbocycles. The van der Waals surface area contributed by atoms with Gasteiger partial charge in [-0.05, 0) is 48.4 Å². The Bertz CT molecular complexity index is 720. The molecule has 0 radical (unpaired) electrons. The molecule has 0 aromatic heterocycles. The molecule has 0 fully saturated rings. The van der Waals surface area contributed by atoms with Crippen molar-refractivity contribution in [2.45, 2.75) is 69.2 Å². The molecular formula is C29H44. The highest BCUT2D eigenvalue weighted by Crippen LogP contribution is 2.17. The smallest absolute Gasteiger partial charge is 0.0200 e. The number of hydrogen-bond acceptors (Lipinski definition) is 0.